The number of para-hydroxylation sites is 1. The van der Waals surface area contributed by atoms with Gasteiger partial charge >= 0.3 is 6.09 Å². The maximum Gasteiger partial charge on any atom is 0.411 e. The van der Waals surface area contributed by atoms with Crippen LogP contribution in [0, 0.1) is 0 Å². The molecule has 1 aliphatic heterocycles. The van der Waals surface area contributed by atoms with Crippen LogP contribution in [-0.4, -0.2) is 69.7 Å². The number of phenols is 2. The highest BCUT2D eigenvalue weighted by Gasteiger charge is 2.48. The van der Waals surface area contributed by atoms with Crippen LogP contribution >= 0.6 is 12.4 Å². The first-order chi connectivity index (χ1) is 24.5. The maximum absolute atomic E-state index is 13.7. The highest BCUT2D eigenvalue weighted by molar-refractivity contribution is 6.30. The maximum atomic E-state index is 13.7. The van der Waals surface area contributed by atoms with Gasteiger partial charge in [0.2, 0.25) is 0 Å². The number of anilines is 1. The molecule has 0 unspecified atom stereocenters. The Labute approximate surface area is 305 Å². The van der Waals surface area contributed by atoms with Crippen LogP contribution in [0.25, 0.3) is 0 Å². The standard InChI is InChI=1S/C39H38N2O10.ClH/c1-21-37(48-19-22-10-4-2-5-11-22)27(40)16-29(50-21)51-28-18-39(47,20-49-38(46)41-23-12-6-3-7-13-23)17-26-30(28)36(45)32-31(35(26)44)33(42)24-14-8-9-15-25(24)34(32)43;/h2-15,21,27-29,37,44-45,47H,16-20,40H2,1H3,(H,41,46);1H/t21-,27-,28-,29-,37+,39-;/m0./s1. The zero-order chi connectivity index (χ0) is 35.9. The van der Waals surface area contributed by atoms with Crippen LogP contribution in [0.2, 0.25) is 0 Å². The number of hydrogen-bond donors (Lipinski definition) is 5. The average Bonchev–Trinajstić information content (AvgIpc) is 3.11. The van der Waals surface area contributed by atoms with Crippen molar-refractivity contribution >= 4 is 35.8 Å². The van der Waals surface area contributed by atoms with Gasteiger partial charge in [-0.1, -0.05) is 72.8 Å². The van der Waals surface area contributed by atoms with Gasteiger partial charge in [0.15, 0.2) is 17.9 Å². The topological polar surface area (TPSA) is 187 Å². The number of carbonyl (C=O) groups excluding carboxylic acids is 3. The Kier molecular flexibility index (Phi) is 10.7. The molecule has 0 radical (unpaired) electrons. The van der Waals surface area contributed by atoms with E-state index in [9.17, 15) is 29.7 Å². The summed E-state index contributed by atoms with van der Waals surface area (Å²) >= 11 is 0. The third kappa shape index (κ3) is 7.13. The molecule has 4 aromatic carbocycles. The van der Waals surface area contributed by atoms with E-state index < -0.39 is 72.0 Å². The van der Waals surface area contributed by atoms with Crippen molar-refractivity contribution < 1.29 is 48.7 Å². The van der Waals surface area contributed by atoms with Gasteiger partial charge in [-0.3, -0.25) is 14.9 Å². The lowest BCUT2D eigenvalue weighted by Gasteiger charge is -2.43. The summed E-state index contributed by atoms with van der Waals surface area (Å²) in [6, 6.07) is 23.9. The van der Waals surface area contributed by atoms with Crippen molar-refractivity contribution in [2.45, 2.75) is 69.0 Å². The molecule has 13 heteroatoms. The molecule has 1 fully saturated rings. The summed E-state index contributed by atoms with van der Waals surface area (Å²) in [7, 11) is 0. The van der Waals surface area contributed by atoms with Crippen molar-refractivity contribution in [3.8, 4) is 11.5 Å². The molecule has 12 nitrogen and oxygen atoms in total. The van der Waals surface area contributed by atoms with Crippen LogP contribution in [-0.2, 0) is 32.0 Å². The summed E-state index contributed by atoms with van der Waals surface area (Å²) < 4.78 is 24.2. The Morgan fingerprint density at radius 1 is 0.923 bits per heavy atom. The summed E-state index contributed by atoms with van der Waals surface area (Å²) in [6.45, 7) is 1.60. The summed E-state index contributed by atoms with van der Waals surface area (Å²) in [4.78, 5) is 40.1. The molecule has 0 spiro atoms. The molecular weight excluding hydrogens is 692 g/mol. The molecule has 1 amide bonds. The van der Waals surface area contributed by atoms with Crippen molar-refractivity contribution in [1.29, 1.82) is 0 Å². The molecule has 0 saturated carbocycles. The molecule has 2 aliphatic carbocycles. The monoisotopic (exact) mass is 730 g/mol. The quantitative estimate of drug-likeness (QED) is 0.130. The molecule has 7 rings (SSSR count). The van der Waals surface area contributed by atoms with Crippen molar-refractivity contribution in [3.63, 3.8) is 0 Å². The number of aromatic hydroxyl groups is 2. The van der Waals surface area contributed by atoms with E-state index in [-0.39, 0.29) is 65.1 Å². The van der Waals surface area contributed by atoms with Gasteiger partial charge in [0, 0.05) is 53.2 Å². The summed E-state index contributed by atoms with van der Waals surface area (Å²) in [5, 5.41) is 38.0. The number of nitrogens with one attached hydrogen (secondary N) is 1. The van der Waals surface area contributed by atoms with Crippen molar-refractivity contribution in [2.24, 2.45) is 5.73 Å². The number of amides is 1. The van der Waals surface area contributed by atoms with Gasteiger partial charge < -0.3 is 40.0 Å². The van der Waals surface area contributed by atoms with Crippen molar-refractivity contribution in [2.75, 3.05) is 11.9 Å². The van der Waals surface area contributed by atoms with E-state index in [0.29, 0.717) is 12.3 Å². The Balaban J connectivity index is 0.00000464. The van der Waals surface area contributed by atoms with E-state index in [4.69, 9.17) is 24.7 Å². The van der Waals surface area contributed by atoms with Gasteiger partial charge in [-0.05, 0) is 24.6 Å². The smallest absolute Gasteiger partial charge is 0.411 e. The molecule has 0 bridgehead atoms. The van der Waals surface area contributed by atoms with E-state index in [1.54, 1.807) is 49.4 Å². The number of carbonyl (C=O) groups is 3. The number of aliphatic hydroxyl groups is 1. The minimum Gasteiger partial charge on any atom is -0.507 e. The van der Waals surface area contributed by atoms with Crippen molar-refractivity contribution in [3.05, 3.63) is 124 Å². The molecule has 272 valence electrons. The number of benzene rings is 4. The Hall–Kier alpha value is -4.82. The molecule has 0 aromatic heterocycles. The lowest BCUT2D eigenvalue weighted by Crippen LogP contribution is -2.53. The summed E-state index contributed by atoms with van der Waals surface area (Å²) in [6.07, 6.45) is -4.36. The molecule has 6 atom stereocenters. The number of rotatable bonds is 8. The molecular formula is C39H39ClN2O10. The number of ether oxygens (including phenoxy) is 4. The number of fused-ring (bicyclic) bond motifs is 3. The Morgan fingerprint density at radius 2 is 1.52 bits per heavy atom. The largest absolute Gasteiger partial charge is 0.507 e. The van der Waals surface area contributed by atoms with E-state index in [1.807, 2.05) is 30.3 Å². The van der Waals surface area contributed by atoms with Crippen LogP contribution in [0.1, 0.15) is 74.4 Å². The number of halogens is 1. The third-order valence-electron chi connectivity index (χ3n) is 9.66. The van der Waals surface area contributed by atoms with Gasteiger partial charge in [0.25, 0.3) is 0 Å². The van der Waals surface area contributed by atoms with Crippen LogP contribution < -0.4 is 11.1 Å². The third-order valence-corrected chi connectivity index (χ3v) is 9.66. The Bertz CT molecular complexity index is 1970. The lowest BCUT2D eigenvalue weighted by atomic mass is 9.73. The van der Waals surface area contributed by atoms with E-state index in [1.165, 1.54) is 12.1 Å². The van der Waals surface area contributed by atoms with Crippen LogP contribution in [0.15, 0.2) is 84.9 Å². The second kappa shape index (κ2) is 15.0. The average molecular weight is 731 g/mol. The fourth-order valence-corrected chi connectivity index (χ4v) is 7.23. The first-order valence-corrected chi connectivity index (χ1v) is 16.8. The highest BCUT2D eigenvalue weighted by Crippen LogP contribution is 2.52. The zero-order valence-corrected chi connectivity index (χ0v) is 29.0. The fourth-order valence-electron chi connectivity index (χ4n) is 7.23. The summed E-state index contributed by atoms with van der Waals surface area (Å²) in [5.41, 5.74) is 5.64. The minimum atomic E-state index is -1.84. The molecule has 4 aromatic rings. The SMILES string of the molecule is C[C@@H]1O[C@@H](O[C@H]2C[C@](O)(COC(=O)Nc3ccccc3)Cc3c(O)c4c(c(O)c32)C(=O)c2ccccc2C4=O)C[C@H](N)[C@@H]1OCc1ccccc1.Cl. The first kappa shape index (κ1) is 37.0. The number of hydrogen-bond acceptors (Lipinski definition) is 11. The van der Waals surface area contributed by atoms with Crippen LogP contribution in [0.4, 0.5) is 10.5 Å². The van der Waals surface area contributed by atoms with Gasteiger partial charge in [0.05, 0.1) is 36.0 Å². The van der Waals surface area contributed by atoms with E-state index >= 15 is 0 Å². The summed E-state index contributed by atoms with van der Waals surface area (Å²) in [5.74, 6) is -2.41. The molecule has 6 N–H and O–H groups in total. The zero-order valence-electron chi connectivity index (χ0n) is 28.2. The second-order valence-electron chi connectivity index (χ2n) is 13.3. The second-order valence-corrected chi connectivity index (χ2v) is 13.3. The predicted octanol–water partition coefficient (Wildman–Crippen LogP) is 5.33. The van der Waals surface area contributed by atoms with Gasteiger partial charge in [-0.2, -0.15) is 0 Å². The van der Waals surface area contributed by atoms with Gasteiger partial charge in [-0.25, -0.2) is 4.79 Å². The Morgan fingerprint density at radius 3 is 2.15 bits per heavy atom. The molecule has 1 heterocycles. The van der Waals surface area contributed by atoms with E-state index in [2.05, 4.69) is 5.32 Å². The minimum absolute atomic E-state index is 0. The molecule has 1 saturated heterocycles. The van der Waals surface area contributed by atoms with E-state index in [0.717, 1.165) is 5.56 Å². The normalized spacial score (nSPS) is 24.9. The number of ketones is 2. The number of nitrogens with two attached hydrogens (primary N) is 1. The number of phenolic OH excluding ortho intramolecular Hbond substituents is 2. The van der Waals surface area contributed by atoms with Crippen molar-refractivity contribution in [1.82, 2.24) is 0 Å². The van der Waals surface area contributed by atoms with Crippen LogP contribution in [0.5, 0.6) is 11.5 Å². The van der Waals surface area contributed by atoms with Gasteiger partial charge in [-0.15, -0.1) is 12.4 Å². The van der Waals surface area contributed by atoms with Crippen LogP contribution in [0.3, 0.4) is 0 Å². The molecule has 52 heavy (non-hydrogen) atoms. The first-order valence-electron chi connectivity index (χ1n) is 16.8. The highest BCUT2D eigenvalue weighted by atomic mass is 35.5. The van der Waals surface area contributed by atoms with Gasteiger partial charge in [0.1, 0.15) is 23.7 Å². The lowest BCUT2D eigenvalue weighted by molar-refractivity contribution is -0.255. The predicted molar refractivity (Wildman–Crippen MR) is 191 cm³/mol. The fraction of sp³-hybridized carbons (Fsp3) is 0.308. The molecule has 3 aliphatic rings.